The van der Waals surface area contributed by atoms with Crippen LogP contribution in [0.5, 0.6) is 0 Å². The van der Waals surface area contributed by atoms with Gasteiger partial charge in [-0.2, -0.15) is 0 Å². The Morgan fingerprint density at radius 1 is 0.506 bits per heavy atom. The largest absolute Gasteiger partial charge is 0.454 e. The summed E-state index contributed by atoms with van der Waals surface area (Å²) in [5, 5.41) is 56.9. The van der Waals surface area contributed by atoms with Gasteiger partial charge in [-0.3, -0.25) is 9.59 Å². The molecule has 0 radical (unpaired) electrons. The van der Waals surface area contributed by atoms with E-state index < -0.39 is 67.4 Å². The zero-order valence-corrected chi connectivity index (χ0v) is 50.5. The van der Waals surface area contributed by atoms with Crippen molar-refractivity contribution in [3.8, 4) is 0 Å². The average Bonchev–Trinajstić information content (AvgIpc) is 3.47. The highest BCUT2D eigenvalue weighted by molar-refractivity contribution is 5.80. The first-order valence-corrected chi connectivity index (χ1v) is 32.4. The van der Waals surface area contributed by atoms with E-state index in [0.717, 1.165) is 96.3 Å². The van der Waals surface area contributed by atoms with E-state index in [4.69, 9.17) is 14.2 Å². The lowest BCUT2D eigenvalue weighted by atomic mass is 9.99. The molecule has 1 amide bonds. The molecule has 1 aliphatic heterocycles. The van der Waals surface area contributed by atoms with Crippen LogP contribution >= 0.6 is 0 Å². The Bertz CT molecular complexity index is 1610. The van der Waals surface area contributed by atoms with Gasteiger partial charge in [-0.05, 0) is 96.3 Å². The van der Waals surface area contributed by atoms with Crippen LogP contribution in [0.4, 0.5) is 0 Å². The summed E-state index contributed by atoms with van der Waals surface area (Å²) >= 11 is 0. The number of esters is 1. The molecule has 0 aromatic rings. The van der Waals surface area contributed by atoms with Gasteiger partial charge in [0.2, 0.25) is 5.91 Å². The van der Waals surface area contributed by atoms with Crippen molar-refractivity contribution in [1.82, 2.24) is 5.32 Å². The van der Waals surface area contributed by atoms with E-state index in [1.807, 2.05) is 6.08 Å². The molecule has 1 rings (SSSR count). The van der Waals surface area contributed by atoms with E-state index >= 15 is 0 Å². The summed E-state index contributed by atoms with van der Waals surface area (Å²) in [4.78, 5) is 26.5. The van der Waals surface area contributed by atoms with Crippen LogP contribution in [0.2, 0.25) is 0 Å². The molecular formula is C68H119NO10. The molecule has 0 aromatic carbocycles. The number of unbranched alkanes of at least 4 members (excludes halogenated alkanes) is 28. The molecule has 0 bridgehead atoms. The Labute approximate surface area is 483 Å². The zero-order valence-electron chi connectivity index (χ0n) is 50.5. The molecule has 0 saturated carbocycles. The molecule has 0 aliphatic carbocycles. The lowest BCUT2D eigenvalue weighted by Crippen LogP contribution is -2.61. The van der Waals surface area contributed by atoms with Crippen LogP contribution in [0.25, 0.3) is 0 Å². The molecule has 456 valence electrons. The fourth-order valence-electron chi connectivity index (χ4n) is 9.67. The van der Waals surface area contributed by atoms with Gasteiger partial charge >= 0.3 is 5.97 Å². The second-order valence-corrected chi connectivity index (χ2v) is 22.1. The normalized spacial score (nSPS) is 19.4. The van der Waals surface area contributed by atoms with Crippen LogP contribution < -0.4 is 5.32 Å². The Hall–Kier alpha value is -3.16. The monoisotopic (exact) mass is 1110 g/mol. The number of amides is 1. The number of hydrogen-bond donors (Lipinski definition) is 6. The lowest BCUT2D eigenvalue weighted by Gasteiger charge is -2.41. The van der Waals surface area contributed by atoms with Gasteiger partial charge in [-0.15, -0.1) is 0 Å². The van der Waals surface area contributed by atoms with Gasteiger partial charge in [0.25, 0.3) is 0 Å². The molecule has 1 saturated heterocycles. The molecule has 8 atom stereocenters. The molecule has 0 aromatic heterocycles. The number of aliphatic hydroxyl groups excluding tert-OH is 5. The highest BCUT2D eigenvalue weighted by Crippen LogP contribution is 2.26. The fraction of sp³-hybridized carbons (Fsp3) is 0.765. The third-order valence-electron chi connectivity index (χ3n) is 14.8. The standard InChI is InChI=1S/C68H119NO10/c1-4-7-10-13-16-19-22-24-25-26-27-28-29-30-31-32-33-34-35-36-37-38-41-44-47-50-53-56-63(73)79-66-65(75)64(74)62(57-70)78-68(66)77-58-59(60(71)54-51-48-45-42-39-21-18-15-12-9-6-3)69-67(76)61(72)55-52-49-46-43-40-23-20-17-14-11-8-5-2/h7,10,16,19,24-25,27-28,30-31,40,43,51,54,59-62,64-66,68,70-72,74-75H,4-6,8-9,11-15,17-18,20-23,26,29,32-39,41-42,44-50,52-53,55-58H2,1-3H3,(H,69,76)/b10-7-,19-16-,25-24-,28-27-,31-30-,43-40-,54-51+. The van der Waals surface area contributed by atoms with Crippen LogP contribution in [0, 0.1) is 0 Å². The summed E-state index contributed by atoms with van der Waals surface area (Å²) in [5.74, 6) is -1.22. The third kappa shape index (κ3) is 43.2. The second kappa shape index (κ2) is 55.4. The number of nitrogens with one attached hydrogen (secondary N) is 1. The van der Waals surface area contributed by atoms with E-state index in [0.29, 0.717) is 12.8 Å². The number of carbonyl (C=O) groups excluding carboxylic acids is 2. The van der Waals surface area contributed by atoms with Crippen LogP contribution in [-0.4, -0.2) is 99.6 Å². The fourth-order valence-corrected chi connectivity index (χ4v) is 9.67. The summed E-state index contributed by atoms with van der Waals surface area (Å²) in [5.41, 5.74) is 0. The minimum atomic E-state index is -1.62. The minimum Gasteiger partial charge on any atom is -0.454 e. The SMILES string of the molecule is CC/C=C\C/C=C\C/C=C\C/C=C\C/C=C\CCCCCCCCCCCCCC(=O)OC1C(OCC(NC(=O)C(O)CCCC/C=C\CCCCCCCC)C(O)/C=C/CCCCCCCCCCC)OC(CO)C(O)C1O. The first-order valence-electron chi connectivity index (χ1n) is 32.4. The number of aliphatic hydroxyl groups is 5. The summed E-state index contributed by atoms with van der Waals surface area (Å²) in [7, 11) is 0. The first kappa shape index (κ1) is 73.9. The predicted molar refractivity (Wildman–Crippen MR) is 329 cm³/mol. The van der Waals surface area contributed by atoms with Gasteiger partial charge in [0.15, 0.2) is 12.4 Å². The van der Waals surface area contributed by atoms with Crippen molar-refractivity contribution in [2.24, 2.45) is 0 Å². The molecule has 11 heteroatoms. The maximum Gasteiger partial charge on any atom is 0.306 e. The number of ether oxygens (including phenoxy) is 3. The number of allylic oxidation sites excluding steroid dienone is 13. The van der Waals surface area contributed by atoms with Crippen LogP contribution in [0.1, 0.15) is 271 Å². The molecule has 6 N–H and O–H groups in total. The molecular weight excluding hydrogens is 991 g/mol. The van der Waals surface area contributed by atoms with Crippen molar-refractivity contribution >= 4 is 11.9 Å². The van der Waals surface area contributed by atoms with Crippen LogP contribution in [-0.2, 0) is 23.8 Å². The van der Waals surface area contributed by atoms with Crippen molar-refractivity contribution in [1.29, 1.82) is 0 Å². The van der Waals surface area contributed by atoms with Gasteiger partial charge in [-0.25, -0.2) is 0 Å². The van der Waals surface area contributed by atoms with Gasteiger partial charge in [0.1, 0.15) is 24.4 Å². The maximum absolute atomic E-state index is 13.4. The van der Waals surface area contributed by atoms with E-state index in [2.05, 4.69) is 99.0 Å². The molecule has 0 spiro atoms. The highest BCUT2D eigenvalue weighted by atomic mass is 16.7. The number of hydrogen-bond acceptors (Lipinski definition) is 10. The molecule has 79 heavy (non-hydrogen) atoms. The van der Waals surface area contributed by atoms with E-state index in [9.17, 15) is 35.1 Å². The maximum atomic E-state index is 13.4. The van der Waals surface area contributed by atoms with Gasteiger partial charge < -0.3 is 45.1 Å². The molecule has 1 fully saturated rings. The Morgan fingerprint density at radius 2 is 0.911 bits per heavy atom. The quantitative estimate of drug-likeness (QED) is 0.0195. The minimum absolute atomic E-state index is 0.115. The molecule has 1 heterocycles. The van der Waals surface area contributed by atoms with Gasteiger partial charge in [-0.1, -0.05) is 254 Å². The molecule has 8 unspecified atom stereocenters. The lowest BCUT2D eigenvalue weighted by molar-refractivity contribution is -0.305. The highest BCUT2D eigenvalue weighted by Gasteiger charge is 2.47. The molecule has 11 nitrogen and oxygen atoms in total. The Kier molecular flexibility index (Phi) is 51.8. The van der Waals surface area contributed by atoms with Crippen molar-refractivity contribution in [2.75, 3.05) is 13.2 Å². The summed E-state index contributed by atoms with van der Waals surface area (Å²) in [6, 6.07) is -1.03. The van der Waals surface area contributed by atoms with E-state index in [-0.39, 0.29) is 19.4 Å². The predicted octanol–water partition coefficient (Wildman–Crippen LogP) is 15.7. The summed E-state index contributed by atoms with van der Waals surface area (Å²) in [6.07, 6.45) is 62.1. The topological polar surface area (TPSA) is 175 Å². The second-order valence-electron chi connectivity index (χ2n) is 22.1. The van der Waals surface area contributed by atoms with E-state index in [1.54, 1.807) is 6.08 Å². The molecule has 1 aliphatic rings. The van der Waals surface area contributed by atoms with Crippen molar-refractivity contribution in [3.63, 3.8) is 0 Å². The van der Waals surface area contributed by atoms with E-state index in [1.165, 1.54) is 128 Å². The average molecular weight is 1110 g/mol. The van der Waals surface area contributed by atoms with Gasteiger partial charge in [0.05, 0.1) is 25.4 Å². The Morgan fingerprint density at radius 3 is 1.38 bits per heavy atom. The first-order chi connectivity index (χ1) is 38.7. The summed E-state index contributed by atoms with van der Waals surface area (Å²) < 4.78 is 17.6. The Balaban J connectivity index is 2.56. The van der Waals surface area contributed by atoms with Gasteiger partial charge in [0, 0.05) is 6.42 Å². The number of rotatable bonds is 54. The van der Waals surface area contributed by atoms with Crippen molar-refractivity contribution < 1.29 is 49.3 Å². The third-order valence-corrected chi connectivity index (χ3v) is 14.8. The summed E-state index contributed by atoms with van der Waals surface area (Å²) in [6.45, 7) is 5.64. The zero-order chi connectivity index (χ0) is 57.5. The van der Waals surface area contributed by atoms with Crippen molar-refractivity contribution in [2.45, 2.75) is 320 Å². The van der Waals surface area contributed by atoms with Crippen molar-refractivity contribution in [3.05, 3.63) is 85.1 Å². The van der Waals surface area contributed by atoms with Crippen LogP contribution in [0.15, 0.2) is 85.1 Å². The smallest absolute Gasteiger partial charge is 0.306 e. The number of carbonyl (C=O) groups is 2. The van der Waals surface area contributed by atoms with Crippen LogP contribution in [0.3, 0.4) is 0 Å².